The zero-order valence-electron chi connectivity index (χ0n) is 14.4. The molecule has 5 nitrogen and oxygen atoms in total. The SMILES string of the molecule is CCCCCCN(CCN(C)C)S(=O)(=O)c1cc(Br)cc(Br)c1O. The molecule has 1 N–H and O–H groups in total. The van der Waals surface area contributed by atoms with E-state index in [1.54, 1.807) is 6.07 Å². The Hall–Kier alpha value is -0.150. The number of sulfonamides is 1. The zero-order chi connectivity index (χ0) is 18.3. The molecule has 0 saturated heterocycles. The van der Waals surface area contributed by atoms with Crippen LogP contribution in [0.1, 0.15) is 32.6 Å². The maximum Gasteiger partial charge on any atom is 0.246 e. The fourth-order valence-corrected chi connectivity index (χ4v) is 5.36. The molecule has 0 atom stereocenters. The molecule has 0 bridgehead atoms. The summed E-state index contributed by atoms with van der Waals surface area (Å²) in [5.74, 6) is -0.249. The van der Waals surface area contributed by atoms with E-state index in [0.717, 1.165) is 25.7 Å². The third kappa shape index (κ3) is 6.29. The molecule has 1 aromatic rings. The summed E-state index contributed by atoms with van der Waals surface area (Å²) in [6.07, 6.45) is 4.01. The summed E-state index contributed by atoms with van der Waals surface area (Å²) in [5, 5.41) is 10.2. The van der Waals surface area contributed by atoms with Crippen LogP contribution in [0.3, 0.4) is 0 Å². The Bertz CT molecular complexity index is 636. The summed E-state index contributed by atoms with van der Waals surface area (Å²) in [6, 6.07) is 3.07. The highest BCUT2D eigenvalue weighted by molar-refractivity contribution is 9.11. The lowest BCUT2D eigenvalue weighted by molar-refractivity contribution is 0.327. The van der Waals surface area contributed by atoms with Crippen molar-refractivity contribution < 1.29 is 13.5 Å². The lowest BCUT2D eigenvalue weighted by Crippen LogP contribution is -2.37. The molecule has 0 aliphatic heterocycles. The van der Waals surface area contributed by atoms with E-state index in [4.69, 9.17) is 0 Å². The number of aromatic hydroxyl groups is 1. The minimum Gasteiger partial charge on any atom is -0.505 e. The highest BCUT2D eigenvalue weighted by Crippen LogP contribution is 2.36. The van der Waals surface area contributed by atoms with Crippen LogP contribution in [0.5, 0.6) is 5.75 Å². The monoisotopic (exact) mass is 484 g/mol. The Balaban J connectivity index is 3.09. The van der Waals surface area contributed by atoms with Gasteiger partial charge < -0.3 is 10.0 Å². The molecule has 0 radical (unpaired) electrons. The zero-order valence-corrected chi connectivity index (χ0v) is 18.4. The number of phenols is 1. The first kappa shape index (κ1) is 21.9. The molecule has 8 heteroatoms. The van der Waals surface area contributed by atoms with Gasteiger partial charge in [0.1, 0.15) is 10.6 Å². The largest absolute Gasteiger partial charge is 0.505 e. The van der Waals surface area contributed by atoms with Gasteiger partial charge in [-0.05, 0) is 48.6 Å². The van der Waals surface area contributed by atoms with Gasteiger partial charge in [-0.15, -0.1) is 0 Å². The summed E-state index contributed by atoms with van der Waals surface area (Å²) >= 11 is 6.49. The van der Waals surface area contributed by atoms with Gasteiger partial charge in [-0.3, -0.25) is 0 Å². The molecule has 0 aliphatic carbocycles. The van der Waals surface area contributed by atoms with Crippen LogP contribution in [-0.2, 0) is 10.0 Å². The first-order chi connectivity index (χ1) is 11.2. The second-order valence-electron chi connectivity index (χ2n) is 6.00. The summed E-state index contributed by atoms with van der Waals surface area (Å²) in [5.41, 5.74) is 0. The lowest BCUT2D eigenvalue weighted by atomic mass is 10.2. The van der Waals surface area contributed by atoms with E-state index in [0.29, 0.717) is 28.6 Å². The van der Waals surface area contributed by atoms with Gasteiger partial charge in [0.25, 0.3) is 0 Å². The van der Waals surface area contributed by atoms with Crippen LogP contribution < -0.4 is 0 Å². The van der Waals surface area contributed by atoms with Crippen LogP contribution in [0.25, 0.3) is 0 Å². The number of benzene rings is 1. The fourth-order valence-electron chi connectivity index (χ4n) is 2.26. The highest BCUT2D eigenvalue weighted by Gasteiger charge is 2.28. The third-order valence-electron chi connectivity index (χ3n) is 3.67. The second-order valence-corrected chi connectivity index (χ2v) is 9.68. The average Bonchev–Trinajstić information content (AvgIpc) is 2.49. The van der Waals surface area contributed by atoms with Gasteiger partial charge in [0.15, 0.2) is 0 Å². The number of hydrogen-bond donors (Lipinski definition) is 1. The average molecular weight is 486 g/mol. The van der Waals surface area contributed by atoms with Crippen molar-refractivity contribution in [2.45, 2.75) is 37.5 Å². The Morgan fingerprint density at radius 1 is 1.04 bits per heavy atom. The number of likely N-dealkylation sites (N-methyl/N-ethyl adjacent to an activating group) is 1. The molecule has 0 unspecified atom stereocenters. The van der Waals surface area contributed by atoms with Gasteiger partial charge in [-0.25, -0.2) is 8.42 Å². The van der Waals surface area contributed by atoms with E-state index in [-0.39, 0.29) is 10.6 Å². The predicted octanol–water partition coefficient (Wildman–Crippen LogP) is 4.05. The van der Waals surface area contributed by atoms with Crippen LogP contribution >= 0.6 is 31.9 Å². The van der Waals surface area contributed by atoms with Crippen molar-refractivity contribution >= 4 is 41.9 Å². The van der Waals surface area contributed by atoms with Gasteiger partial charge in [-0.1, -0.05) is 42.1 Å². The first-order valence-corrected chi connectivity index (χ1v) is 11.1. The van der Waals surface area contributed by atoms with Gasteiger partial charge in [0.05, 0.1) is 4.47 Å². The Morgan fingerprint density at radius 3 is 2.29 bits per heavy atom. The summed E-state index contributed by atoms with van der Waals surface area (Å²) in [7, 11) is 0.0606. The van der Waals surface area contributed by atoms with E-state index in [1.807, 2.05) is 19.0 Å². The van der Waals surface area contributed by atoms with Crippen molar-refractivity contribution in [3.63, 3.8) is 0 Å². The maximum absolute atomic E-state index is 13.0. The molecule has 1 aromatic carbocycles. The molecule has 1 rings (SSSR count). The standard InChI is InChI=1S/C16H26Br2N2O3S/c1-4-5-6-7-8-20(10-9-19(2)3)24(22,23)15-12-13(17)11-14(18)16(15)21/h11-12,21H,4-10H2,1-3H3. The summed E-state index contributed by atoms with van der Waals surface area (Å²) < 4.78 is 28.5. The number of nitrogens with zero attached hydrogens (tertiary/aromatic N) is 2. The van der Waals surface area contributed by atoms with Crippen LogP contribution in [0.15, 0.2) is 26.0 Å². The molecule has 0 aromatic heterocycles. The van der Waals surface area contributed by atoms with Crippen molar-refractivity contribution in [3.05, 3.63) is 21.1 Å². The van der Waals surface area contributed by atoms with Crippen molar-refractivity contribution in [2.75, 3.05) is 33.7 Å². The van der Waals surface area contributed by atoms with Gasteiger partial charge in [-0.2, -0.15) is 4.31 Å². The second kappa shape index (κ2) is 10.1. The fraction of sp³-hybridized carbons (Fsp3) is 0.625. The minimum absolute atomic E-state index is 0.0713. The van der Waals surface area contributed by atoms with E-state index in [2.05, 4.69) is 38.8 Å². The van der Waals surface area contributed by atoms with E-state index < -0.39 is 10.0 Å². The molecule has 0 fully saturated rings. The molecular weight excluding hydrogens is 460 g/mol. The van der Waals surface area contributed by atoms with E-state index >= 15 is 0 Å². The Labute approximate surface area is 162 Å². The van der Waals surface area contributed by atoms with Crippen molar-refractivity contribution in [1.29, 1.82) is 0 Å². The van der Waals surface area contributed by atoms with E-state index in [1.165, 1.54) is 10.4 Å². The smallest absolute Gasteiger partial charge is 0.246 e. The van der Waals surface area contributed by atoms with Crippen molar-refractivity contribution in [1.82, 2.24) is 9.21 Å². The molecule has 0 spiro atoms. The predicted molar refractivity (Wildman–Crippen MR) is 105 cm³/mol. The number of halogens is 2. The van der Waals surface area contributed by atoms with Gasteiger partial charge in [0, 0.05) is 24.1 Å². The molecule has 0 heterocycles. The molecule has 24 heavy (non-hydrogen) atoms. The Kier molecular flexibility index (Phi) is 9.22. The number of unbranched alkanes of at least 4 members (excludes halogenated alkanes) is 3. The molecule has 0 amide bonds. The van der Waals surface area contributed by atoms with Crippen LogP contribution in [0.4, 0.5) is 0 Å². The van der Waals surface area contributed by atoms with Crippen LogP contribution in [0.2, 0.25) is 0 Å². The number of phenolic OH excluding ortho intramolecular Hbond substituents is 1. The third-order valence-corrected chi connectivity index (χ3v) is 6.64. The van der Waals surface area contributed by atoms with Crippen molar-refractivity contribution in [3.8, 4) is 5.75 Å². The quantitative estimate of drug-likeness (QED) is 0.508. The summed E-state index contributed by atoms with van der Waals surface area (Å²) in [4.78, 5) is 1.88. The molecule has 0 saturated carbocycles. The maximum atomic E-state index is 13.0. The lowest BCUT2D eigenvalue weighted by Gasteiger charge is -2.24. The first-order valence-electron chi connectivity index (χ1n) is 8.03. The number of rotatable bonds is 10. The number of hydrogen-bond acceptors (Lipinski definition) is 4. The summed E-state index contributed by atoms with van der Waals surface area (Å²) in [6.45, 7) is 3.60. The normalized spacial score (nSPS) is 12.3. The van der Waals surface area contributed by atoms with Gasteiger partial charge in [0.2, 0.25) is 10.0 Å². The molecule has 0 aliphatic rings. The van der Waals surface area contributed by atoms with Crippen LogP contribution in [0, 0.1) is 0 Å². The van der Waals surface area contributed by atoms with E-state index in [9.17, 15) is 13.5 Å². The Morgan fingerprint density at radius 2 is 1.71 bits per heavy atom. The molecule has 138 valence electrons. The van der Waals surface area contributed by atoms with Crippen molar-refractivity contribution in [2.24, 2.45) is 0 Å². The highest BCUT2D eigenvalue weighted by atomic mass is 79.9. The minimum atomic E-state index is -3.76. The van der Waals surface area contributed by atoms with Crippen LogP contribution in [-0.4, -0.2) is 56.5 Å². The molecular formula is C16H26Br2N2O3S. The van der Waals surface area contributed by atoms with Gasteiger partial charge >= 0.3 is 0 Å². The topological polar surface area (TPSA) is 60.9 Å².